The van der Waals surface area contributed by atoms with Gasteiger partial charge in [0.15, 0.2) is 0 Å². The Morgan fingerprint density at radius 3 is 2.78 bits per heavy atom. The number of hydrogen-bond acceptors (Lipinski definition) is 4. The van der Waals surface area contributed by atoms with E-state index in [1.54, 1.807) is 0 Å². The van der Waals surface area contributed by atoms with Crippen molar-refractivity contribution < 1.29 is 9.47 Å². The monoisotopic (exact) mass is 256 g/mol. The van der Waals surface area contributed by atoms with Crippen molar-refractivity contribution in [1.29, 1.82) is 0 Å². The first-order valence-electron chi connectivity index (χ1n) is 7.28. The Kier molecular flexibility index (Phi) is 5.01. The second kappa shape index (κ2) is 6.33. The molecule has 1 saturated carbocycles. The predicted octanol–water partition coefficient (Wildman–Crippen LogP) is 1.38. The second-order valence-corrected chi connectivity index (χ2v) is 5.79. The lowest BCUT2D eigenvalue weighted by Crippen LogP contribution is -2.62. The molecule has 1 saturated heterocycles. The van der Waals surface area contributed by atoms with Crippen LogP contribution in [0.2, 0.25) is 0 Å². The maximum Gasteiger partial charge on any atom is 0.0767 e. The average Bonchev–Trinajstić information content (AvgIpc) is 2.91. The maximum absolute atomic E-state index is 6.12. The molecule has 2 N–H and O–H groups in total. The van der Waals surface area contributed by atoms with E-state index in [0.29, 0.717) is 12.6 Å². The summed E-state index contributed by atoms with van der Waals surface area (Å²) in [6.45, 7) is 2.58. The third-order valence-electron chi connectivity index (χ3n) is 4.83. The minimum Gasteiger partial charge on any atom is -0.379 e. The van der Waals surface area contributed by atoms with Crippen LogP contribution in [-0.4, -0.2) is 56.5 Å². The summed E-state index contributed by atoms with van der Waals surface area (Å²) in [7, 11) is 4.01. The van der Waals surface area contributed by atoms with Crippen molar-refractivity contribution in [3.63, 3.8) is 0 Å². The lowest BCUT2D eigenvalue weighted by molar-refractivity contribution is -0.0777. The van der Waals surface area contributed by atoms with Gasteiger partial charge in [-0.25, -0.2) is 0 Å². The Morgan fingerprint density at radius 2 is 2.17 bits per heavy atom. The predicted molar refractivity (Wildman–Crippen MR) is 72.7 cm³/mol. The van der Waals surface area contributed by atoms with Gasteiger partial charge in [0.25, 0.3) is 0 Å². The summed E-state index contributed by atoms with van der Waals surface area (Å²) in [4.78, 5) is 2.41. The first-order chi connectivity index (χ1) is 8.73. The number of likely N-dealkylation sites (N-methyl/N-ethyl adjacent to an activating group) is 1. The standard InChI is InChI=1S/C14H28N2O2/c1-16(10-12-6-5-9-18-12)14(11-15)8-4-3-7-13(14)17-2/h12-13H,3-11,15H2,1-2H3. The molecule has 1 aliphatic heterocycles. The summed E-state index contributed by atoms with van der Waals surface area (Å²) in [5, 5.41) is 0. The molecule has 4 nitrogen and oxygen atoms in total. The maximum atomic E-state index is 6.12. The van der Waals surface area contributed by atoms with Gasteiger partial charge in [0.2, 0.25) is 0 Å². The highest BCUT2D eigenvalue weighted by Gasteiger charge is 2.44. The van der Waals surface area contributed by atoms with E-state index in [2.05, 4.69) is 11.9 Å². The third-order valence-corrected chi connectivity index (χ3v) is 4.83. The van der Waals surface area contributed by atoms with Crippen LogP contribution in [0.3, 0.4) is 0 Å². The number of hydrogen-bond donors (Lipinski definition) is 1. The van der Waals surface area contributed by atoms with Gasteiger partial charge in [0.05, 0.1) is 17.7 Å². The molecule has 1 aliphatic carbocycles. The fourth-order valence-electron chi connectivity index (χ4n) is 3.63. The van der Waals surface area contributed by atoms with Crippen molar-refractivity contribution in [2.24, 2.45) is 5.73 Å². The molecule has 2 rings (SSSR count). The van der Waals surface area contributed by atoms with Crippen molar-refractivity contribution in [3.8, 4) is 0 Å². The molecular formula is C14H28N2O2. The van der Waals surface area contributed by atoms with E-state index < -0.39 is 0 Å². The van der Waals surface area contributed by atoms with E-state index in [1.807, 2.05) is 7.11 Å². The van der Waals surface area contributed by atoms with Crippen molar-refractivity contribution >= 4 is 0 Å². The quantitative estimate of drug-likeness (QED) is 0.807. The molecule has 1 heterocycles. The summed E-state index contributed by atoms with van der Waals surface area (Å²) in [6, 6.07) is 0. The highest BCUT2D eigenvalue weighted by Crippen LogP contribution is 2.35. The molecule has 2 fully saturated rings. The Morgan fingerprint density at radius 1 is 1.33 bits per heavy atom. The molecule has 0 aromatic rings. The summed E-state index contributed by atoms with van der Waals surface area (Å²) >= 11 is 0. The van der Waals surface area contributed by atoms with Crippen LogP contribution in [0.15, 0.2) is 0 Å². The molecule has 0 bridgehead atoms. The highest BCUT2D eigenvalue weighted by atomic mass is 16.5. The van der Waals surface area contributed by atoms with E-state index in [0.717, 1.165) is 26.0 Å². The molecular weight excluding hydrogens is 228 g/mol. The number of nitrogens with two attached hydrogens (primary N) is 1. The SMILES string of the molecule is COC1CCCCC1(CN)N(C)CC1CCCO1. The van der Waals surface area contributed by atoms with E-state index in [4.69, 9.17) is 15.2 Å². The van der Waals surface area contributed by atoms with E-state index in [1.165, 1.54) is 25.7 Å². The topological polar surface area (TPSA) is 47.7 Å². The number of methoxy groups -OCH3 is 1. The van der Waals surface area contributed by atoms with Crippen LogP contribution < -0.4 is 5.73 Å². The Bertz CT molecular complexity index is 256. The van der Waals surface area contributed by atoms with Crippen LogP contribution in [0.25, 0.3) is 0 Å². The number of nitrogens with zero attached hydrogens (tertiary/aromatic N) is 1. The van der Waals surface area contributed by atoms with Gasteiger partial charge in [-0.1, -0.05) is 12.8 Å². The Hall–Kier alpha value is -0.160. The third kappa shape index (κ3) is 2.72. The normalized spacial score (nSPS) is 37.3. The van der Waals surface area contributed by atoms with E-state index in [9.17, 15) is 0 Å². The molecule has 106 valence electrons. The molecule has 0 aromatic carbocycles. The van der Waals surface area contributed by atoms with Crippen LogP contribution in [0.4, 0.5) is 0 Å². The zero-order valence-corrected chi connectivity index (χ0v) is 11.9. The summed E-state index contributed by atoms with van der Waals surface area (Å²) in [6.07, 6.45) is 7.82. The fraction of sp³-hybridized carbons (Fsp3) is 1.00. The van der Waals surface area contributed by atoms with Gasteiger partial charge in [-0.15, -0.1) is 0 Å². The lowest BCUT2D eigenvalue weighted by atomic mass is 9.77. The summed E-state index contributed by atoms with van der Waals surface area (Å²) < 4.78 is 11.5. The Labute approximate surface area is 111 Å². The zero-order valence-electron chi connectivity index (χ0n) is 11.9. The molecule has 0 radical (unpaired) electrons. The van der Waals surface area contributed by atoms with Gasteiger partial charge in [0, 0.05) is 26.8 Å². The van der Waals surface area contributed by atoms with Gasteiger partial charge in [0.1, 0.15) is 0 Å². The molecule has 4 heteroatoms. The van der Waals surface area contributed by atoms with Gasteiger partial charge in [-0.05, 0) is 32.7 Å². The molecule has 3 unspecified atom stereocenters. The molecule has 0 amide bonds. The molecule has 2 aliphatic rings. The highest BCUT2D eigenvalue weighted by molar-refractivity contribution is 5.00. The fourth-order valence-corrected chi connectivity index (χ4v) is 3.63. The largest absolute Gasteiger partial charge is 0.379 e. The smallest absolute Gasteiger partial charge is 0.0767 e. The van der Waals surface area contributed by atoms with Crippen molar-refractivity contribution in [3.05, 3.63) is 0 Å². The van der Waals surface area contributed by atoms with Gasteiger partial charge in [-0.2, -0.15) is 0 Å². The summed E-state index contributed by atoms with van der Waals surface area (Å²) in [5.41, 5.74) is 6.13. The molecule has 0 spiro atoms. The lowest BCUT2D eigenvalue weighted by Gasteiger charge is -2.49. The average molecular weight is 256 g/mol. The van der Waals surface area contributed by atoms with Crippen molar-refractivity contribution in [1.82, 2.24) is 4.90 Å². The molecule has 3 atom stereocenters. The van der Waals surface area contributed by atoms with Crippen LogP contribution in [0, 0.1) is 0 Å². The molecule has 18 heavy (non-hydrogen) atoms. The number of ether oxygens (including phenoxy) is 2. The minimum absolute atomic E-state index is 0.0128. The van der Waals surface area contributed by atoms with E-state index in [-0.39, 0.29) is 11.6 Å². The second-order valence-electron chi connectivity index (χ2n) is 5.79. The molecule has 0 aromatic heterocycles. The van der Waals surface area contributed by atoms with Crippen molar-refractivity contribution in [2.75, 3.05) is 33.9 Å². The van der Waals surface area contributed by atoms with Crippen LogP contribution in [0.1, 0.15) is 38.5 Å². The van der Waals surface area contributed by atoms with E-state index >= 15 is 0 Å². The van der Waals surface area contributed by atoms with Gasteiger partial charge in [-0.3, -0.25) is 4.90 Å². The van der Waals surface area contributed by atoms with Crippen LogP contribution in [-0.2, 0) is 9.47 Å². The first kappa shape index (κ1) is 14.3. The van der Waals surface area contributed by atoms with Gasteiger partial charge >= 0.3 is 0 Å². The van der Waals surface area contributed by atoms with Crippen LogP contribution >= 0.6 is 0 Å². The van der Waals surface area contributed by atoms with Crippen LogP contribution in [0.5, 0.6) is 0 Å². The summed E-state index contributed by atoms with van der Waals surface area (Å²) in [5.74, 6) is 0. The van der Waals surface area contributed by atoms with Crippen molar-refractivity contribution in [2.45, 2.75) is 56.3 Å². The van der Waals surface area contributed by atoms with Gasteiger partial charge < -0.3 is 15.2 Å². The zero-order chi connectivity index (χ0) is 13.0. The Balaban J connectivity index is 2.03. The minimum atomic E-state index is 0.0128. The first-order valence-corrected chi connectivity index (χ1v) is 7.28. The number of rotatable bonds is 5.